The Morgan fingerprint density at radius 2 is 2.17 bits per heavy atom. The maximum atomic E-state index is 12.0. The van der Waals surface area contributed by atoms with Crippen LogP contribution in [0.5, 0.6) is 0 Å². The number of carbonyl (C=O) groups is 1. The van der Waals surface area contributed by atoms with Crippen LogP contribution in [0.2, 0.25) is 0 Å². The van der Waals surface area contributed by atoms with Crippen molar-refractivity contribution in [1.29, 1.82) is 0 Å². The van der Waals surface area contributed by atoms with Gasteiger partial charge in [-0.05, 0) is 19.7 Å². The number of fused-ring (bicyclic) bond motifs is 1. The second-order valence-electron chi connectivity index (χ2n) is 4.40. The molecule has 0 radical (unpaired) electrons. The molecule has 18 heavy (non-hydrogen) atoms. The smallest absolute Gasteiger partial charge is 0.253 e. The van der Waals surface area contributed by atoms with Crippen LogP contribution in [0.3, 0.4) is 0 Å². The predicted octanol–water partition coefficient (Wildman–Crippen LogP) is 1.85. The van der Waals surface area contributed by atoms with E-state index in [1.54, 1.807) is 6.20 Å². The molecule has 0 spiro atoms. The normalized spacial score (nSPS) is 11.1. The van der Waals surface area contributed by atoms with E-state index in [1.807, 2.05) is 31.3 Å². The Morgan fingerprint density at radius 3 is 2.94 bits per heavy atom. The van der Waals surface area contributed by atoms with E-state index in [4.69, 9.17) is 0 Å². The number of amides is 1. The molecular formula is C14H19N3O. The first-order chi connectivity index (χ1) is 8.72. The molecule has 0 atom stereocenters. The Balaban J connectivity index is 2.01. The topological polar surface area (TPSA) is 48.1 Å². The standard InChI is InChI=1S/C14H19N3O/c1-3-17(2)9-8-15-14(18)12-10-16-13-7-5-4-6-11(12)13/h4-7,10,16H,3,8-9H2,1-2H3,(H,15,18). The number of H-pyrrole nitrogens is 1. The van der Waals surface area contributed by atoms with Gasteiger partial charge in [0.1, 0.15) is 0 Å². The first kappa shape index (κ1) is 12.6. The maximum absolute atomic E-state index is 12.0. The monoisotopic (exact) mass is 245 g/mol. The van der Waals surface area contributed by atoms with Gasteiger partial charge in [-0.1, -0.05) is 25.1 Å². The quantitative estimate of drug-likeness (QED) is 0.844. The fraction of sp³-hybridized carbons (Fsp3) is 0.357. The zero-order chi connectivity index (χ0) is 13.0. The zero-order valence-corrected chi connectivity index (χ0v) is 10.9. The lowest BCUT2D eigenvalue weighted by molar-refractivity contribution is 0.0952. The van der Waals surface area contributed by atoms with Crippen molar-refractivity contribution in [3.8, 4) is 0 Å². The SMILES string of the molecule is CCN(C)CCNC(=O)c1c[nH]c2ccccc12. The van der Waals surface area contributed by atoms with Gasteiger partial charge >= 0.3 is 0 Å². The fourth-order valence-electron chi connectivity index (χ4n) is 1.87. The van der Waals surface area contributed by atoms with Crippen LogP contribution in [0.25, 0.3) is 10.9 Å². The highest BCUT2D eigenvalue weighted by atomic mass is 16.1. The largest absolute Gasteiger partial charge is 0.360 e. The molecule has 1 heterocycles. The number of benzene rings is 1. The Labute approximate surface area is 107 Å². The highest BCUT2D eigenvalue weighted by Crippen LogP contribution is 2.17. The Kier molecular flexibility index (Phi) is 3.99. The van der Waals surface area contributed by atoms with Crippen LogP contribution < -0.4 is 5.32 Å². The number of hydrogen-bond donors (Lipinski definition) is 2. The number of aromatic nitrogens is 1. The lowest BCUT2D eigenvalue weighted by Gasteiger charge is -2.13. The highest BCUT2D eigenvalue weighted by molar-refractivity contribution is 6.06. The van der Waals surface area contributed by atoms with Gasteiger partial charge in [0.15, 0.2) is 0 Å². The van der Waals surface area contributed by atoms with Gasteiger partial charge in [-0.2, -0.15) is 0 Å². The van der Waals surface area contributed by atoms with Gasteiger partial charge < -0.3 is 15.2 Å². The first-order valence-corrected chi connectivity index (χ1v) is 6.25. The molecule has 96 valence electrons. The van der Waals surface area contributed by atoms with Gasteiger partial charge in [0.25, 0.3) is 5.91 Å². The molecule has 0 bridgehead atoms. The van der Waals surface area contributed by atoms with Crippen molar-refractivity contribution in [1.82, 2.24) is 15.2 Å². The van der Waals surface area contributed by atoms with Crippen LogP contribution in [0.4, 0.5) is 0 Å². The summed E-state index contributed by atoms with van der Waals surface area (Å²) in [4.78, 5) is 17.3. The molecule has 0 saturated carbocycles. The van der Waals surface area contributed by atoms with Crippen molar-refractivity contribution in [2.75, 3.05) is 26.7 Å². The Bertz CT molecular complexity index is 533. The summed E-state index contributed by atoms with van der Waals surface area (Å²) in [6.45, 7) is 4.62. The van der Waals surface area contributed by atoms with Crippen molar-refractivity contribution in [3.05, 3.63) is 36.0 Å². The van der Waals surface area contributed by atoms with Crippen molar-refractivity contribution in [2.45, 2.75) is 6.92 Å². The molecule has 0 unspecified atom stereocenters. The number of carbonyl (C=O) groups excluding carboxylic acids is 1. The molecule has 1 aromatic heterocycles. The second kappa shape index (κ2) is 5.69. The van der Waals surface area contributed by atoms with E-state index in [0.29, 0.717) is 12.1 Å². The van der Waals surface area contributed by atoms with E-state index in [1.165, 1.54) is 0 Å². The number of nitrogens with one attached hydrogen (secondary N) is 2. The molecule has 4 nitrogen and oxygen atoms in total. The molecule has 0 fully saturated rings. The summed E-state index contributed by atoms with van der Waals surface area (Å²) in [5.41, 5.74) is 1.71. The third kappa shape index (κ3) is 2.71. The van der Waals surface area contributed by atoms with Gasteiger partial charge in [-0.25, -0.2) is 0 Å². The van der Waals surface area contributed by atoms with E-state index in [2.05, 4.69) is 22.1 Å². The molecule has 0 aliphatic rings. The van der Waals surface area contributed by atoms with Gasteiger partial charge in [0.2, 0.25) is 0 Å². The summed E-state index contributed by atoms with van der Waals surface area (Å²) in [5, 5.41) is 3.91. The molecule has 2 aromatic rings. The average molecular weight is 245 g/mol. The second-order valence-corrected chi connectivity index (χ2v) is 4.40. The summed E-state index contributed by atoms with van der Waals surface area (Å²) in [6, 6.07) is 7.82. The van der Waals surface area contributed by atoms with E-state index in [0.717, 1.165) is 24.0 Å². The van der Waals surface area contributed by atoms with Crippen molar-refractivity contribution < 1.29 is 4.79 Å². The highest BCUT2D eigenvalue weighted by Gasteiger charge is 2.10. The first-order valence-electron chi connectivity index (χ1n) is 6.25. The number of likely N-dealkylation sites (N-methyl/N-ethyl adjacent to an activating group) is 1. The van der Waals surface area contributed by atoms with Crippen LogP contribution >= 0.6 is 0 Å². The molecule has 4 heteroatoms. The maximum Gasteiger partial charge on any atom is 0.253 e. The molecule has 0 saturated heterocycles. The zero-order valence-electron chi connectivity index (χ0n) is 10.9. The minimum absolute atomic E-state index is 0.0167. The van der Waals surface area contributed by atoms with E-state index >= 15 is 0 Å². The van der Waals surface area contributed by atoms with E-state index < -0.39 is 0 Å². The van der Waals surface area contributed by atoms with Crippen molar-refractivity contribution in [3.63, 3.8) is 0 Å². The molecule has 1 aromatic carbocycles. The third-order valence-corrected chi connectivity index (χ3v) is 3.15. The van der Waals surface area contributed by atoms with Crippen LogP contribution in [-0.4, -0.2) is 42.5 Å². The summed E-state index contributed by atoms with van der Waals surface area (Å²) in [5.74, 6) is -0.0167. The van der Waals surface area contributed by atoms with Crippen molar-refractivity contribution >= 4 is 16.8 Å². The van der Waals surface area contributed by atoms with Gasteiger partial charge in [0.05, 0.1) is 5.56 Å². The van der Waals surface area contributed by atoms with Crippen LogP contribution in [-0.2, 0) is 0 Å². The third-order valence-electron chi connectivity index (χ3n) is 3.15. The summed E-state index contributed by atoms with van der Waals surface area (Å²) in [6.07, 6.45) is 1.77. The van der Waals surface area contributed by atoms with Gasteiger partial charge in [-0.15, -0.1) is 0 Å². The minimum atomic E-state index is -0.0167. The molecule has 0 aliphatic carbocycles. The summed E-state index contributed by atoms with van der Waals surface area (Å²) in [7, 11) is 2.04. The van der Waals surface area contributed by atoms with Crippen LogP contribution in [0.1, 0.15) is 17.3 Å². The number of rotatable bonds is 5. The van der Waals surface area contributed by atoms with Gasteiger partial charge in [0, 0.05) is 30.2 Å². The van der Waals surface area contributed by atoms with Crippen LogP contribution in [0, 0.1) is 0 Å². The lowest BCUT2D eigenvalue weighted by Crippen LogP contribution is -2.32. The number of para-hydroxylation sites is 1. The predicted molar refractivity (Wildman–Crippen MR) is 73.8 cm³/mol. The Morgan fingerprint density at radius 1 is 1.39 bits per heavy atom. The lowest BCUT2D eigenvalue weighted by atomic mass is 10.1. The van der Waals surface area contributed by atoms with Crippen molar-refractivity contribution in [2.24, 2.45) is 0 Å². The molecule has 1 amide bonds. The number of hydrogen-bond acceptors (Lipinski definition) is 2. The number of nitrogens with zero attached hydrogens (tertiary/aromatic N) is 1. The molecule has 0 aliphatic heterocycles. The van der Waals surface area contributed by atoms with E-state index in [9.17, 15) is 4.79 Å². The Hall–Kier alpha value is -1.81. The fourth-order valence-corrected chi connectivity index (χ4v) is 1.87. The minimum Gasteiger partial charge on any atom is -0.360 e. The molecule has 2 rings (SSSR count). The summed E-state index contributed by atoms with van der Waals surface area (Å²) < 4.78 is 0. The van der Waals surface area contributed by atoms with Crippen LogP contribution in [0.15, 0.2) is 30.5 Å². The number of aromatic amines is 1. The van der Waals surface area contributed by atoms with Gasteiger partial charge in [-0.3, -0.25) is 4.79 Å². The molecule has 2 N–H and O–H groups in total. The van der Waals surface area contributed by atoms with E-state index in [-0.39, 0.29) is 5.91 Å². The average Bonchev–Trinajstić information content (AvgIpc) is 2.82. The molecular weight excluding hydrogens is 226 g/mol. The summed E-state index contributed by atoms with van der Waals surface area (Å²) >= 11 is 0.